The maximum absolute atomic E-state index is 12.2. The molecule has 7 nitrogen and oxygen atoms in total. The molecule has 2 saturated heterocycles. The molecular weight excluding hydrogens is 284 g/mol. The molecule has 0 N–H and O–H groups in total. The molecule has 3 amide bonds. The minimum atomic E-state index is 0.0791. The Labute approximate surface area is 131 Å². The maximum atomic E-state index is 12.2. The van der Waals surface area contributed by atoms with Crippen LogP contribution in [0.4, 0.5) is 0 Å². The third kappa shape index (κ3) is 4.43. The largest absolute Gasteiger partial charge is 0.340 e. The second-order valence-corrected chi connectivity index (χ2v) is 5.98. The molecule has 0 aromatic carbocycles. The lowest BCUT2D eigenvalue weighted by molar-refractivity contribution is -0.138. The van der Waals surface area contributed by atoms with E-state index < -0.39 is 0 Å². The van der Waals surface area contributed by atoms with Crippen LogP contribution in [-0.4, -0.2) is 96.2 Å². The number of hydrogen-bond donors (Lipinski definition) is 0. The molecule has 124 valence electrons. The lowest BCUT2D eigenvalue weighted by atomic mass is 10.2. The van der Waals surface area contributed by atoms with Gasteiger partial charge in [-0.05, 0) is 0 Å². The van der Waals surface area contributed by atoms with Crippen LogP contribution in [0.3, 0.4) is 0 Å². The Balaban J connectivity index is 1.66. The number of carbonyl (C=O) groups excluding carboxylic acids is 3. The van der Waals surface area contributed by atoms with Crippen LogP contribution in [0.5, 0.6) is 0 Å². The van der Waals surface area contributed by atoms with E-state index in [1.54, 1.807) is 18.7 Å². The van der Waals surface area contributed by atoms with Gasteiger partial charge in [-0.3, -0.25) is 19.3 Å². The Bertz CT molecular complexity index is 425. The number of piperazine rings is 2. The molecule has 0 aliphatic carbocycles. The van der Waals surface area contributed by atoms with Crippen LogP contribution in [0.2, 0.25) is 0 Å². The molecule has 0 aromatic heterocycles. The summed E-state index contributed by atoms with van der Waals surface area (Å²) in [6.45, 7) is 9.64. The van der Waals surface area contributed by atoms with Crippen LogP contribution in [-0.2, 0) is 14.4 Å². The number of rotatable bonds is 3. The minimum Gasteiger partial charge on any atom is -0.340 e. The highest BCUT2D eigenvalue weighted by atomic mass is 16.2. The average Bonchev–Trinajstić information content (AvgIpc) is 2.53. The van der Waals surface area contributed by atoms with Crippen LogP contribution in [0, 0.1) is 0 Å². The zero-order chi connectivity index (χ0) is 16.1. The van der Waals surface area contributed by atoms with Crippen molar-refractivity contribution in [2.24, 2.45) is 0 Å². The molecule has 0 atom stereocenters. The highest BCUT2D eigenvalue weighted by Crippen LogP contribution is 2.07. The number of hydrogen-bond acceptors (Lipinski definition) is 4. The summed E-state index contributed by atoms with van der Waals surface area (Å²) in [6, 6.07) is 0. The van der Waals surface area contributed by atoms with E-state index in [4.69, 9.17) is 0 Å². The number of carbonyl (C=O) groups is 3. The molecule has 0 aromatic rings. The molecule has 2 rings (SSSR count). The van der Waals surface area contributed by atoms with Crippen molar-refractivity contribution < 1.29 is 14.4 Å². The van der Waals surface area contributed by atoms with Crippen LogP contribution in [0.1, 0.15) is 20.3 Å². The van der Waals surface area contributed by atoms with Gasteiger partial charge in [-0.25, -0.2) is 0 Å². The zero-order valence-corrected chi connectivity index (χ0v) is 13.6. The van der Waals surface area contributed by atoms with Gasteiger partial charge in [0.1, 0.15) is 0 Å². The summed E-state index contributed by atoms with van der Waals surface area (Å²) < 4.78 is 0. The molecule has 0 bridgehead atoms. The van der Waals surface area contributed by atoms with Gasteiger partial charge in [-0.15, -0.1) is 0 Å². The molecule has 22 heavy (non-hydrogen) atoms. The molecule has 2 fully saturated rings. The average molecular weight is 310 g/mol. The highest BCUT2D eigenvalue weighted by Gasteiger charge is 2.23. The Morgan fingerprint density at radius 3 is 1.55 bits per heavy atom. The van der Waals surface area contributed by atoms with E-state index >= 15 is 0 Å². The molecule has 0 unspecified atom stereocenters. The van der Waals surface area contributed by atoms with E-state index in [0.29, 0.717) is 32.6 Å². The highest BCUT2D eigenvalue weighted by molar-refractivity contribution is 5.77. The molecule has 7 heteroatoms. The normalized spacial score (nSPS) is 20.2. The fraction of sp³-hybridized carbons (Fsp3) is 0.800. The Kier molecular flexibility index (Phi) is 5.76. The minimum absolute atomic E-state index is 0.0791. The van der Waals surface area contributed by atoms with Crippen LogP contribution < -0.4 is 0 Å². The van der Waals surface area contributed by atoms with Gasteiger partial charge in [-0.1, -0.05) is 0 Å². The van der Waals surface area contributed by atoms with Gasteiger partial charge in [0.2, 0.25) is 17.7 Å². The van der Waals surface area contributed by atoms with Gasteiger partial charge in [0.25, 0.3) is 0 Å². The topological polar surface area (TPSA) is 64.2 Å². The van der Waals surface area contributed by atoms with Crippen molar-refractivity contribution in [2.45, 2.75) is 20.3 Å². The summed E-state index contributed by atoms with van der Waals surface area (Å²) in [7, 11) is 0. The Hall–Kier alpha value is -1.63. The van der Waals surface area contributed by atoms with Crippen LogP contribution in [0.25, 0.3) is 0 Å². The van der Waals surface area contributed by atoms with Crippen molar-refractivity contribution >= 4 is 17.7 Å². The molecule has 0 saturated carbocycles. The fourth-order valence-corrected chi connectivity index (χ4v) is 2.97. The smallest absolute Gasteiger partial charge is 0.223 e. The molecule has 2 aliphatic rings. The number of nitrogens with zero attached hydrogens (tertiary/aromatic N) is 4. The number of amides is 3. The molecule has 2 heterocycles. The van der Waals surface area contributed by atoms with E-state index in [-0.39, 0.29) is 17.7 Å². The monoisotopic (exact) mass is 310 g/mol. The van der Waals surface area contributed by atoms with Gasteiger partial charge in [0.15, 0.2) is 0 Å². The van der Waals surface area contributed by atoms with E-state index in [1.807, 2.05) is 9.80 Å². The maximum Gasteiger partial charge on any atom is 0.223 e. The summed E-state index contributed by atoms with van der Waals surface area (Å²) in [6.07, 6.45) is 0.514. The first-order chi connectivity index (χ1) is 10.5. The van der Waals surface area contributed by atoms with Gasteiger partial charge < -0.3 is 14.7 Å². The first-order valence-corrected chi connectivity index (χ1v) is 7.98. The van der Waals surface area contributed by atoms with E-state index in [0.717, 1.165) is 32.7 Å². The third-order valence-corrected chi connectivity index (χ3v) is 4.54. The van der Waals surface area contributed by atoms with Crippen molar-refractivity contribution in [1.82, 2.24) is 19.6 Å². The van der Waals surface area contributed by atoms with E-state index in [2.05, 4.69) is 4.90 Å². The van der Waals surface area contributed by atoms with Crippen molar-refractivity contribution in [3.8, 4) is 0 Å². The van der Waals surface area contributed by atoms with E-state index in [1.165, 1.54) is 0 Å². The van der Waals surface area contributed by atoms with Crippen LogP contribution in [0.15, 0.2) is 0 Å². The lowest BCUT2D eigenvalue weighted by Gasteiger charge is -2.36. The molecule has 0 radical (unpaired) electrons. The SMILES string of the molecule is CC(=O)N1CCN(CCC(=O)N2CCN(C(C)=O)CC2)CC1. The predicted octanol–water partition coefficient (Wildman–Crippen LogP) is -0.769. The van der Waals surface area contributed by atoms with Crippen molar-refractivity contribution in [1.29, 1.82) is 0 Å². The second-order valence-electron chi connectivity index (χ2n) is 5.98. The fourth-order valence-electron chi connectivity index (χ4n) is 2.97. The van der Waals surface area contributed by atoms with Crippen molar-refractivity contribution in [3.05, 3.63) is 0 Å². The second kappa shape index (κ2) is 7.58. The van der Waals surface area contributed by atoms with Gasteiger partial charge >= 0.3 is 0 Å². The Morgan fingerprint density at radius 2 is 1.09 bits per heavy atom. The first kappa shape index (κ1) is 16.7. The van der Waals surface area contributed by atoms with Gasteiger partial charge in [0.05, 0.1) is 0 Å². The summed E-state index contributed by atoms with van der Waals surface area (Å²) in [4.78, 5) is 42.5. The summed E-state index contributed by atoms with van der Waals surface area (Å²) in [5, 5.41) is 0. The molecule has 2 aliphatic heterocycles. The van der Waals surface area contributed by atoms with Gasteiger partial charge in [0, 0.05) is 79.2 Å². The van der Waals surface area contributed by atoms with Crippen molar-refractivity contribution in [2.75, 3.05) is 58.9 Å². The zero-order valence-electron chi connectivity index (χ0n) is 13.6. The molecule has 0 spiro atoms. The van der Waals surface area contributed by atoms with Crippen LogP contribution >= 0.6 is 0 Å². The predicted molar refractivity (Wildman–Crippen MR) is 82.1 cm³/mol. The van der Waals surface area contributed by atoms with Crippen molar-refractivity contribution in [3.63, 3.8) is 0 Å². The Morgan fingerprint density at radius 1 is 0.682 bits per heavy atom. The van der Waals surface area contributed by atoms with E-state index in [9.17, 15) is 14.4 Å². The van der Waals surface area contributed by atoms with Gasteiger partial charge in [-0.2, -0.15) is 0 Å². The quantitative estimate of drug-likeness (QED) is 0.687. The summed E-state index contributed by atoms with van der Waals surface area (Å²) in [5.41, 5.74) is 0. The third-order valence-electron chi connectivity index (χ3n) is 4.54. The summed E-state index contributed by atoms with van der Waals surface area (Å²) >= 11 is 0. The molecular formula is C15H26N4O3. The summed E-state index contributed by atoms with van der Waals surface area (Å²) in [5.74, 6) is 0.367. The first-order valence-electron chi connectivity index (χ1n) is 7.98. The lowest BCUT2D eigenvalue weighted by Crippen LogP contribution is -2.51. The standard InChI is InChI=1S/C15H26N4O3/c1-13(20)17-7-5-16(6-8-17)4-3-15(22)19-11-9-18(10-12-19)14(2)21/h3-12H2,1-2H3.